The highest BCUT2D eigenvalue weighted by molar-refractivity contribution is 5.94. The molecule has 2 heterocycles. The molecular formula is C17H23NO4. The SMILES string of the molecule is CCO[C@H]1CN(C(=O)c2ccc(OC)cc2)[C@@H]2CCCO[C@H]12. The van der Waals surface area contributed by atoms with E-state index in [1.807, 2.05) is 36.1 Å². The Kier molecular flexibility index (Phi) is 4.64. The molecule has 0 unspecified atom stereocenters. The highest BCUT2D eigenvalue weighted by Crippen LogP contribution is 2.32. The predicted octanol–water partition coefficient (Wildman–Crippen LogP) is 2.10. The normalized spacial score (nSPS) is 27.5. The largest absolute Gasteiger partial charge is 0.497 e. The molecule has 120 valence electrons. The van der Waals surface area contributed by atoms with E-state index in [1.165, 1.54) is 0 Å². The molecular weight excluding hydrogens is 282 g/mol. The van der Waals surface area contributed by atoms with Crippen LogP contribution < -0.4 is 4.74 Å². The molecule has 0 aromatic heterocycles. The van der Waals surface area contributed by atoms with Crippen LogP contribution in [-0.2, 0) is 9.47 Å². The zero-order valence-electron chi connectivity index (χ0n) is 13.2. The quantitative estimate of drug-likeness (QED) is 0.855. The third-order valence-corrected chi connectivity index (χ3v) is 4.46. The van der Waals surface area contributed by atoms with Gasteiger partial charge in [-0.25, -0.2) is 0 Å². The van der Waals surface area contributed by atoms with Crippen molar-refractivity contribution in [2.24, 2.45) is 0 Å². The minimum Gasteiger partial charge on any atom is -0.497 e. The van der Waals surface area contributed by atoms with Crippen molar-refractivity contribution in [1.29, 1.82) is 0 Å². The van der Waals surface area contributed by atoms with Crippen LogP contribution in [0.3, 0.4) is 0 Å². The zero-order valence-corrected chi connectivity index (χ0v) is 13.2. The van der Waals surface area contributed by atoms with Gasteiger partial charge in [-0.1, -0.05) is 0 Å². The van der Waals surface area contributed by atoms with E-state index in [4.69, 9.17) is 14.2 Å². The minimum absolute atomic E-state index is 0.0101. The highest BCUT2D eigenvalue weighted by atomic mass is 16.5. The van der Waals surface area contributed by atoms with Crippen molar-refractivity contribution in [3.05, 3.63) is 29.8 Å². The number of methoxy groups -OCH3 is 1. The van der Waals surface area contributed by atoms with Crippen LogP contribution in [0.15, 0.2) is 24.3 Å². The van der Waals surface area contributed by atoms with Crippen LogP contribution in [0.1, 0.15) is 30.1 Å². The molecule has 22 heavy (non-hydrogen) atoms. The van der Waals surface area contributed by atoms with E-state index < -0.39 is 0 Å². The van der Waals surface area contributed by atoms with Gasteiger partial charge in [-0.3, -0.25) is 4.79 Å². The fourth-order valence-corrected chi connectivity index (χ4v) is 3.40. The first-order valence-corrected chi connectivity index (χ1v) is 7.92. The van der Waals surface area contributed by atoms with Crippen molar-refractivity contribution in [2.75, 3.05) is 26.9 Å². The van der Waals surface area contributed by atoms with Gasteiger partial charge in [0.2, 0.25) is 0 Å². The fraction of sp³-hybridized carbons (Fsp3) is 0.588. The lowest BCUT2D eigenvalue weighted by Crippen LogP contribution is -2.43. The molecule has 3 rings (SSSR count). The first kappa shape index (κ1) is 15.3. The van der Waals surface area contributed by atoms with Crippen LogP contribution in [0.4, 0.5) is 0 Å². The molecule has 2 aliphatic rings. The molecule has 0 radical (unpaired) electrons. The van der Waals surface area contributed by atoms with Gasteiger partial charge in [0.15, 0.2) is 0 Å². The van der Waals surface area contributed by atoms with Crippen molar-refractivity contribution in [1.82, 2.24) is 4.90 Å². The van der Waals surface area contributed by atoms with Crippen LogP contribution >= 0.6 is 0 Å². The molecule has 2 aliphatic heterocycles. The number of hydrogen-bond donors (Lipinski definition) is 0. The molecule has 0 N–H and O–H groups in total. The molecule has 5 nitrogen and oxygen atoms in total. The summed E-state index contributed by atoms with van der Waals surface area (Å²) < 4.78 is 16.8. The van der Waals surface area contributed by atoms with Crippen LogP contribution in [-0.4, -0.2) is 55.9 Å². The number of carbonyl (C=O) groups is 1. The second-order valence-electron chi connectivity index (χ2n) is 5.72. The summed E-state index contributed by atoms with van der Waals surface area (Å²) in [5.41, 5.74) is 0.683. The monoisotopic (exact) mass is 305 g/mol. The molecule has 0 bridgehead atoms. The van der Waals surface area contributed by atoms with Gasteiger partial charge in [-0.15, -0.1) is 0 Å². The van der Waals surface area contributed by atoms with E-state index in [1.54, 1.807) is 7.11 Å². The molecule has 1 amide bonds. The van der Waals surface area contributed by atoms with Crippen molar-refractivity contribution < 1.29 is 19.0 Å². The van der Waals surface area contributed by atoms with Gasteiger partial charge in [0.1, 0.15) is 18.0 Å². The third kappa shape index (κ3) is 2.83. The van der Waals surface area contributed by atoms with Crippen LogP contribution in [0, 0.1) is 0 Å². The van der Waals surface area contributed by atoms with Crippen LogP contribution in [0.2, 0.25) is 0 Å². The van der Waals surface area contributed by atoms with Crippen molar-refractivity contribution in [3.8, 4) is 5.75 Å². The molecule has 2 saturated heterocycles. The fourth-order valence-electron chi connectivity index (χ4n) is 3.40. The summed E-state index contributed by atoms with van der Waals surface area (Å²) in [5.74, 6) is 0.800. The Bertz CT molecular complexity index is 516. The Hall–Kier alpha value is -1.59. The topological polar surface area (TPSA) is 48.0 Å². The maximum atomic E-state index is 12.8. The maximum absolute atomic E-state index is 12.8. The first-order chi connectivity index (χ1) is 10.7. The summed E-state index contributed by atoms with van der Waals surface area (Å²) in [4.78, 5) is 14.7. The Morgan fingerprint density at radius 2 is 2.14 bits per heavy atom. The molecule has 1 aromatic rings. The Labute approximate surface area is 131 Å². The van der Waals surface area contributed by atoms with Crippen LogP contribution in [0.25, 0.3) is 0 Å². The van der Waals surface area contributed by atoms with E-state index in [0.717, 1.165) is 25.2 Å². The van der Waals surface area contributed by atoms with E-state index in [2.05, 4.69) is 0 Å². The number of likely N-dealkylation sites (tertiary alicyclic amines) is 1. The summed E-state index contributed by atoms with van der Waals surface area (Å²) in [5, 5.41) is 0. The lowest BCUT2D eigenvalue weighted by molar-refractivity contribution is -0.0737. The van der Waals surface area contributed by atoms with Crippen LogP contribution in [0.5, 0.6) is 5.75 Å². The van der Waals surface area contributed by atoms with E-state index in [-0.39, 0.29) is 24.2 Å². The summed E-state index contributed by atoms with van der Waals surface area (Å²) in [6, 6.07) is 7.39. The van der Waals surface area contributed by atoms with Gasteiger partial charge in [-0.05, 0) is 44.0 Å². The Morgan fingerprint density at radius 3 is 2.82 bits per heavy atom. The van der Waals surface area contributed by atoms with E-state index in [0.29, 0.717) is 18.7 Å². The predicted molar refractivity (Wildman–Crippen MR) is 82.2 cm³/mol. The molecule has 5 heteroatoms. The van der Waals surface area contributed by atoms with E-state index in [9.17, 15) is 4.79 Å². The van der Waals surface area contributed by atoms with Gasteiger partial charge in [0.05, 0.1) is 19.7 Å². The molecule has 0 aliphatic carbocycles. The highest BCUT2D eigenvalue weighted by Gasteiger charge is 2.46. The number of benzene rings is 1. The molecule has 3 atom stereocenters. The zero-order chi connectivity index (χ0) is 15.5. The number of hydrogen-bond acceptors (Lipinski definition) is 4. The smallest absolute Gasteiger partial charge is 0.254 e. The average molecular weight is 305 g/mol. The number of amides is 1. The average Bonchev–Trinajstić information content (AvgIpc) is 2.94. The van der Waals surface area contributed by atoms with Crippen molar-refractivity contribution in [2.45, 2.75) is 38.0 Å². The van der Waals surface area contributed by atoms with Gasteiger partial charge in [-0.2, -0.15) is 0 Å². The first-order valence-electron chi connectivity index (χ1n) is 7.92. The van der Waals surface area contributed by atoms with Crippen molar-refractivity contribution in [3.63, 3.8) is 0 Å². The van der Waals surface area contributed by atoms with Gasteiger partial charge >= 0.3 is 0 Å². The summed E-state index contributed by atoms with van der Waals surface area (Å²) in [6.07, 6.45) is 1.97. The molecule has 0 spiro atoms. The van der Waals surface area contributed by atoms with E-state index >= 15 is 0 Å². The van der Waals surface area contributed by atoms with Gasteiger partial charge < -0.3 is 19.1 Å². The number of fused-ring (bicyclic) bond motifs is 1. The Morgan fingerprint density at radius 1 is 1.36 bits per heavy atom. The second-order valence-corrected chi connectivity index (χ2v) is 5.72. The second kappa shape index (κ2) is 6.67. The molecule has 0 saturated carbocycles. The Balaban J connectivity index is 1.78. The van der Waals surface area contributed by atoms with Crippen molar-refractivity contribution >= 4 is 5.91 Å². The van der Waals surface area contributed by atoms with Gasteiger partial charge in [0.25, 0.3) is 5.91 Å². The number of ether oxygens (including phenoxy) is 3. The summed E-state index contributed by atoms with van der Waals surface area (Å²) in [6.45, 7) is 3.98. The standard InChI is InChI=1S/C17H23NO4/c1-3-21-15-11-18(14-5-4-10-22-16(14)15)17(19)12-6-8-13(20-2)9-7-12/h6-9,14-16H,3-5,10-11H2,1-2H3/t14-,15+,16+/m1/s1. The minimum atomic E-state index is -0.0162. The molecule has 1 aromatic carbocycles. The maximum Gasteiger partial charge on any atom is 0.254 e. The van der Waals surface area contributed by atoms with Gasteiger partial charge in [0, 0.05) is 18.8 Å². The lowest BCUT2D eigenvalue weighted by Gasteiger charge is -2.32. The lowest BCUT2D eigenvalue weighted by atomic mass is 10.0. The summed E-state index contributed by atoms with van der Waals surface area (Å²) in [7, 11) is 1.62. The number of carbonyl (C=O) groups excluding carboxylic acids is 1. The summed E-state index contributed by atoms with van der Waals surface area (Å²) >= 11 is 0. The number of rotatable bonds is 4. The number of nitrogens with zero attached hydrogens (tertiary/aromatic N) is 1. The third-order valence-electron chi connectivity index (χ3n) is 4.46. The molecule has 2 fully saturated rings.